The van der Waals surface area contributed by atoms with Gasteiger partial charge in [-0.05, 0) is 43.2 Å². The van der Waals surface area contributed by atoms with Gasteiger partial charge in [0.1, 0.15) is 11.5 Å². The summed E-state index contributed by atoms with van der Waals surface area (Å²) in [6, 6.07) is 14.2. The zero-order chi connectivity index (χ0) is 21.4. The largest absolute Gasteiger partial charge is 0.497 e. The van der Waals surface area contributed by atoms with Crippen LogP contribution in [0.25, 0.3) is 0 Å². The van der Waals surface area contributed by atoms with Crippen LogP contribution < -0.4 is 19.1 Å². The monoisotopic (exact) mass is 420 g/mol. The van der Waals surface area contributed by atoms with Gasteiger partial charge in [-0.15, -0.1) is 0 Å². The minimum absolute atomic E-state index is 0.132. The number of rotatable bonds is 10. The van der Waals surface area contributed by atoms with Crippen molar-refractivity contribution in [1.82, 2.24) is 5.32 Å². The Morgan fingerprint density at radius 2 is 1.72 bits per heavy atom. The van der Waals surface area contributed by atoms with Gasteiger partial charge in [0.05, 0.1) is 32.2 Å². The molecule has 1 atom stereocenters. The van der Waals surface area contributed by atoms with E-state index in [4.69, 9.17) is 9.47 Å². The number of sulfonamides is 1. The number of amides is 1. The van der Waals surface area contributed by atoms with Crippen LogP contribution in [0, 0.1) is 0 Å². The fraction of sp³-hybridized carbons (Fsp3) is 0.381. The van der Waals surface area contributed by atoms with Gasteiger partial charge >= 0.3 is 0 Å². The average Bonchev–Trinajstić information content (AvgIpc) is 2.70. The van der Waals surface area contributed by atoms with E-state index in [0.717, 1.165) is 17.6 Å². The summed E-state index contributed by atoms with van der Waals surface area (Å²) in [5, 5.41) is 2.94. The number of nitrogens with one attached hydrogen (secondary N) is 1. The summed E-state index contributed by atoms with van der Waals surface area (Å²) in [6.07, 6.45) is 1.76. The molecule has 1 N–H and O–H groups in total. The molecule has 2 aromatic carbocycles. The lowest BCUT2D eigenvalue weighted by Gasteiger charge is -2.23. The molecule has 158 valence electrons. The van der Waals surface area contributed by atoms with Gasteiger partial charge in [-0.3, -0.25) is 9.10 Å². The van der Waals surface area contributed by atoms with E-state index in [9.17, 15) is 13.2 Å². The Morgan fingerprint density at radius 1 is 1.07 bits per heavy atom. The summed E-state index contributed by atoms with van der Waals surface area (Å²) in [4.78, 5) is 12.3. The Kier molecular flexibility index (Phi) is 7.90. The van der Waals surface area contributed by atoms with Gasteiger partial charge in [0.25, 0.3) is 0 Å². The zero-order valence-electron chi connectivity index (χ0n) is 17.2. The van der Waals surface area contributed by atoms with E-state index in [1.807, 2.05) is 31.2 Å². The molecule has 7 nitrogen and oxygen atoms in total. The summed E-state index contributed by atoms with van der Waals surface area (Å²) < 4.78 is 36.0. The Hall–Kier alpha value is -2.74. The van der Waals surface area contributed by atoms with Crippen LogP contribution >= 0.6 is 0 Å². The topological polar surface area (TPSA) is 84.9 Å². The standard InChI is InChI=1S/C21H28N2O5S/c1-16(17-10-12-19(27-2)13-11-17)22-21(24)9-6-14-23(29(4,25)26)18-7-5-8-20(15-18)28-3/h5,7-8,10-13,15-16H,6,9,14H2,1-4H3,(H,22,24). The molecule has 0 heterocycles. The Morgan fingerprint density at radius 3 is 2.31 bits per heavy atom. The maximum absolute atomic E-state index is 12.3. The number of carbonyl (C=O) groups excluding carboxylic acids is 1. The number of nitrogens with zero attached hydrogens (tertiary/aromatic N) is 1. The van der Waals surface area contributed by atoms with Crippen LogP contribution in [0.2, 0.25) is 0 Å². The van der Waals surface area contributed by atoms with Crippen molar-refractivity contribution < 1.29 is 22.7 Å². The van der Waals surface area contributed by atoms with Crippen molar-refractivity contribution in [2.45, 2.75) is 25.8 Å². The van der Waals surface area contributed by atoms with Crippen LogP contribution in [-0.4, -0.2) is 41.3 Å². The van der Waals surface area contributed by atoms with Crippen LogP contribution in [0.15, 0.2) is 48.5 Å². The lowest BCUT2D eigenvalue weighted by Crippen LogP contribution is -2.32. The van der Waals surface area contributed by atoms with Crippen LogP contribution in [0.1, 0.15) is 31.4 Å². The molecule has 0 spiro atoms. The normalized spacial score (nSPS) is 12.1. The number of hydrogen-bond donors (Lipinski definition) is 1. The molecule has 0 saturated heterocycles. The molecule has 0 radical (unpaired) electrons. The van der Waals surface area contributed by atoms with E-state index in [1.165, 1.54) is 11.4 Å². The van der Waals surface area contributed by atoms with Crippen LogP contribution in [0.5, 0.6) is 11.5 Å². The molecule has 0 fully saturated rings. The highest BCUT2D eigenvalue weighted by molar-refractivity contribution is 7.92. The second kappa shape index (κ2) is 10.2. The third-order valence-corrected chi connectivity index (χ3v) is 5.69. The third kappa shape index (κ3) is 6.67. The van der Waals surface area contributed by atoms with E-state index >= 15 is 0 Å². The molecule has 0 aliphatic carbocycles. The maximum atomic E-state index is 12.3. The highest BCUT2D eigenvalue weighted by Crippen LogP contribution is 2.23. The summed E-state index contributed by atoms with van der Waals surface area (Å²) in [5.74, 6) is 1.19. The number of benzene rings is 2. The van der Waals surface area contributed by atoms with E-state index in [1.54, 1.807) is 31.4 Å². The molecule has 0 bridgehead atoms. The Bertz CT molecular complexity index is 913. The molecular weight excluding hydrogens is 392 g/mol. The van der Waals surface area contributed by atoms with E-state index in [2.05, 4.69) is 5.32 Å². The van der Waals surface area contributed by atoms with E-state index in [-0.39, 0.29) is 24.9 Å². The van der Waals surface area contributed by atoms with Crippen LogP contribution in [0.4, 0.5) is 5.69 Å². The number of methoxy groups -OCH3 is 2. The number of hydrogen-bond acceptors (Lipinski definition) is 5. The van der Waals surface area contributed by atoms with Gasteiger partial charge in [-0.25, -0.2) is 8.42 Å². The predicted molar refractivity (Wildman–Crippen MR) is 114 cm³/mol. The van der Waals surface area contributed by atoms with E-state index in [0.29, 0.717) is 17.9 Å². The summed E-state index contributed by atoms with van der Waals surface area (Å²) in [7, 11) is -0.351. The molecule has 1 amide bonds. The number of anilines is 1. The highest BCUT2D eigenvalue weighted by atomic mass is 32.2. The van der Waals surface area contributed by atoms with Crippen molar-refractivity contribution in [1.29, 1.82) is 0 Å². The first-order valence-electron chi connectivity index (χ1n) is 9.29. The SMILES string of the molecule is COc1ccc(C(C)NC(=O)CCCN(c2cccc(OC)c2)S(C)(=O)=O)cc1. The minimum atomic E-state index is -3.48. The first kappa shape index (κ1) is 22.5. The lowest BCUT2D eigenvalue weighted by atomic mass is 10.1. The van der Waals surface area contributed by atoms with Crippen molar-refractivity contribution in [2.75, 3.05) is 31.3 Å². The molecule has 29 heavy (non-hydrogen) atoms. The predicted octanol–water partition coefficient (Wildman–Crippen LogP) is 3.13. The fourth-order valence-corrected chi connectivity index (χ4v) is 3.88. The molecule has 2 aromatic rings. The smallest absolute Gasteiger partial charge is 0.232 e. The van der Waals surface area contributed by atoms with Gasteiger partial charge in [0.2, 0.25) is 15.9 Å². The van der Waals surface area contributed by atoms with Gasteiger partial charge in [-0.2, -0.15) is 0 Å². The molecule has 2 rings (SSSR count). The highest BCUT2D eigenvalue weighted by Gasteiger charge is 2.18. The number of carbonyl (C=O) groups is 1. The summed E-state index contributed by atoms with van der Waals surface area (Å²) >= 11 is 0. The van der Waals surface area contributed by atoms with Gasteiger partial charge in [-0.1, -0.05) is 18.2 Å². The molecule has 1 unspecified atom stereocenters. The summed E-state index contributed by atoms with van der Waals surface area (Å²) in [5.41, 5.74) is 1.48. The molecule has 0 aliphatic heterocycles. The third-order valence-electron chi connectivity index (χ3n) is 4.50. The molecule has 0 saturated carbocycles. The first-order chi connectivity index (χ1) is 13.7. The molecular formula is C21H28N2O5S. The van der Waals surface area contributed by atoms with E-state index < -0.39 is 10.0 Å². The Balaban J connectivity index is 1.93. The molecule has 0 aromatic heterocycles. The van der Waals surface area contributed by atoms with Crippen molar-refractivity contribution in [3.63, 3.8) is 0 Å². The molecule has 8 heteroatoms. The average molecular weight is 421 g/mol. The first-order valence-corrected chi connectivity index (χ1v) is 11.1. The lowest BCUT2D eigenvalue weighted by molar-refractivity contribution is -0.121. The van der Waals surface area contributed by atoms with Gasteiger partial charge in [0.15, 0.2) is 0 Å². The van der Waals surface area contributed by atoms with Crippen molar-refractivity contribution in [2.24, 2.45) is 0 Å². The van der Waals surface area contributed by atoms with Gasteiger partial charge in [0, 0.05) is 19.0 Å². The second-order valence-corrected chi connectivity index (χ2v) is 8.61. The van der Waals surface area contributed by atoms with Crippen molar-refractivity contribution in [3.8, 4) is 11.5 Å². The zero-order valence-corrected chi connectivity index (χ0v) is 18.0. The number of ether oxygens (including phenoxy) is 2. The van der Waals surface area contributed by atoms with Crippen LogP contribution in [0.3, 0.4) is 0 Å². The summed E-state index contributed by atoms with van der Waals surface area (Å²) in [6.45, 7) is 2.11. The van der Waals surface area contributed by atoms with Gasteiger partial charge < -0.3 is 14.8 Å². The van der Waals surface area contributed by atoms with Crippen molar-refractivity contribution >= 4 is 21.6 Å². The Labute approximate surface area is 172 Å². The fourth-order valence-electron chi connectivity index (χ4n) is 2.92. The molecule has 0 aliphatic rings. The second-order valence-electron chi connectivity index (χ2n) is 6.70. The van der Waals surface area contributed by atoms with Crippen LogP contribution in [-0.2, 0) is 14.8 Å². The van der Waals surface area contributed by atoms with Crippen molar-refractivity contribution in [3.05, 3.63) is 54.1 Å². The maximum Gasteiger partial charge on any atom is 0.232 e. The quantitative estimate of drug-likeness (QED) is 0.638. The minimum Gasteiger partial charge on any atom is -0.497 e.